The number of aliphatic imine (C=N–C) groups is 1. The monoisotopic (exact) mass is 280 g/mol. The third kappa shape index (κ3) is 3.48. The molecule has 0 unspecified atom stereocenters. The zero-order valence-corrected chi connectivity index (χ0v) is 11.5. The van der Waals surface area contributed by atoms with Crippen molar-refractivity contribution in [2.24, 2.45) is 10.7 Å². The van der Waals surface area contributed by atoms with Crippen LogP contribution in [-0.2, 0) is 0 Å². The lowest BCUT2D eigenvalue weighted by Crippen LogP contribution is -2.32. The fraction of sp³-hybridized carbons (Fsp3) is 0.231. The lowest BCUT2D eigenvalue weighted by Gasteiger charge is -2.01. The Labute approximate surface area is 117 Å². The topological polar surface area (TPSA) is 83.3 Å². The van der Waals surface area contributed by atoms with Gasteiger partial charge < -0.3 is 16.0 Å². The van der Waals surface area contributed by atoms with Gasteiger partial charge in [-0.3, -0.25) is 4.79 Å². The van der Waals surface area contributed by atoms with E-state index in [-0.39, 0.29) is 24.3 Å². The molecule has 19 heavy (non-hydrogen) atoms. The average Bonchev–Trinajstić information content (AvgIpc) is 2.80. The van der Waals surface area contributed by atoms with Crippen molar-refractivity contribution in [2.45, 2.75) is 13.3 Å². The third-order valence-electron chi connectivity index (χ3n) is 2.60. The molecule has 4 N–H and O–H groups in total. The van der Waals surface area contributed by atoms with Gasteiger partial charge in [0.05, 0.1) is 5.56 Å². The van der Waals surface area contributed by atoms with Crippen molar-refractivity contribution in [3.63, 3.8) is 0 Å². The Hall–Kier alpha value is -2.01. The minimum atomic E-state index is -0.339. The fourth-order valence-electron chi connectivity index (χ4n) is 1.71. The number of fused-ring (bicyclic) bond motifs is 1. The second-order valence-corrected chi connectivity index (χ2v) is 3.98. The molecule has 0 aliphatic carbocycles. The van der Waals surface area contributed by atoms with Gasteiger partial charge >= 0.3 is 0 Å². The number of aromatic amines is 1. The number of nitrogens with zero attached hydrogens (tertiary/aromatic N) is 1. The second kappa shape index (κ2) is 6.80. The van der Waals surface area contributed by atoms with Crippen LogP contribution in [0.5, 0.6) is 0 Å². The van der Waals surface area contributed by atoms with E-state index in [0.29, 0.717) is 12.1 Å². The molecule has 0 radical (unpaired) electrons. The standard InChI is InChI=1S/C13H16N4O.ClH/c1-2-7-15-13(14)17-12(18)10-8-16-11-6-4-3-5-9(10)11;/h3-6,8,16H,2,7H2,1H3,(H3,14,15,17,18);1H. The van der Waals surface area contributed by atoms with Crippen LogP contribution >= 0.6 is 12.4 Å². The number of carbonyl (C=O) groups is 1. The molecule has 1 aromatic carbocycles. The number of benzene rings is 1. The first-order chi connectivity index (χ1) is 8.72. The quantitative estimate of drug-likeness (QED) is 0.594. The van der Waals surface area contributed by atoms with E-state index in [1.807, 2.05) is 31.2 Å². The molecule has 0 saturated heterocycles. The van der Waals surface area contributed by atoms with Crippen LogP contribution in [0.4, 0.5) is 0 Å². The Kier molecular flexibility index (Phi) is 5.38. The minimum absolute atomic E-state index is 0. The summed E-state index contributed by atoms with van der Waals surface area (Å²) in [5, 5.41) is 3.73. The molecule has 0 spiro atoms. The maximum absolute atomic E-state index is 12.0. The number of amides is 1. The van der Waals surface area contributed by atoms with Gasteiger partial charge in [0.15, 0.2) is 5.96 Å². The van der Waals surface area contributed by atoms with Crippen molar-refractivity contribution in [2.75, 3.05) is 6.54 Å². The van der Waals surface area contributed by atoms with E-state index in [0.717, 1.165) is 17.3 Å². The van der Waals surface area contributed by atoms with Crippen molar-refractivity contribution < 1.29 is 4.79 Å². The van der Waals surface area contributed by atoms with Gasteiger partial charge in [-0.2, -0.15) is 4.99 Å². The Morgan fingerprint density at radius 1 is 1.42 bits per heavy atom. The largest absolute Gasteiger partial charge is 0.370 e. The molecule has 1 heterocycles. The number of carbonyl (C=O) groups excluding carboxylic acids is 1. The van der Waals surface area contributed by atoms with Crippen LogP contribution in [0.3, 0.4) is 0 Å². The summed E-state index contributed by atoms with van der Waals surface area (Å²) < 4.78 is 0. The first-order valence-corrected chi connectivity index (χ1v) is 5.91. The molecule has 0 bridgehead atoms. The molecule has 0 aliphatic heterocycles. The Morgan fingerprint density at radius 2 is 2.16 bits per heavy atom. The number of aromatic nitrogens is 1. The van der Waals surface area contributed by atoms with Gasteiger partial charge in [-0.05, 0) is 12.5 Å². The highest BCUT2D eigenvalue weighted by Gasteiger charge is 2.10. The normalized spacial score (nSPS) is 11.1. The number of hydrogen-bond donors (Lipinski definition) is 3. The third-order valence-corrected chi connectivity index (χ3v) is 2.60. The lowest BCUT2D eigenvalue weighted by molar-refractivity contribution is 0.100. The molecule has 2 aromatic rings. The van der Waals surface area contributed by atoms with E-state index in [4.69, 9.17) is 5.73 Å². The van der Waals surface area contributed by atoms with Crippen molar-refractivity contribution in [1.82, 2.24) is 10.3 Å². The Bertz CT molecular complexity index is 591. The van der Waals surface area contributed by atoms with Crippen molar-refractivity contribution >= 4 is 35.2 Å². The molecule has 5 nitrogen and oxygen atoms in total. The summed E-state index contributed by atoms with van der Waals surface area (Å²) >= 11 is 0. The van der Waals surface area contributed by atoms with Crippen LogP contribution in [-0.4, -0.2) is 23.4 Å². The number of nitrogens with two attached hydrogens (primary N) is 1. The number of guanidine groups is 1. The highest BCUT2D eigenvalue weighted by atomic mass is 35.5. The summed E-state index contributed by atoms with van der Waals surface area (Å²) in [5.41, 5.74) is 7.07. The number of H-pyrrole nitrogens is 1. The van der Waals surface area contributed by atoms with Crippen LogP contribution in [0.2, 0.25) is 0 Å². The van der Waals surface area contributed by atoms with E-state index in [1.165, 1.54) is 0 Å². The van der Waals surface area contributed by atoms with Gasteiger partial charge in [-0.1, -0.05) is 25.1 Å². The average molecular weight is 281 g/mol. The molecular weight excluding hydrogens is 264 g/mol. The van der Waals surface area contributed by atoms with Crippen LogP contribution in [0.1, 0.15) is 23.7 Å². The van der Waals surface area contributed by atoms with E-state index < -0.39 is 0 Å². The molecule has 2 rings (SSSR count). The Morgan fingerprint density at radius 3 is 2.89 bits per heavy atom. The van der Waals surface area contributed by atoms with Gasteiger partial charge in [0, 0.05) is 23.6 Å². The van der Waals surface area contributed by atoms with Gasteiger partial charge in [-0.25, -0.2) is 0 Å². The zero-order valence-electron chi connectivity index (χ0n) is 10.6. The summed E-state index contributed by atoms with van der Waals surface area (Å²) in [7, 11) is 0. The van der Waals surface area contributed by atoms with Crippen LogP contribution in [0, 0.1) is 0 Å². The van der Waals surface area contributed by atoms with Gasteiger partial charge in [0.25, 0.3) is 5.91 Å². The SMILES string of the molecule is CCCNC(N)=NC(=O)c1c[nH]c2ccccc12.Cl. The molecule has 102 valence electrons. The van der Waals surface area contributed by atoms with Crippen molar-refractivity contribution in [3.05, 3.63) is 36.0 Å². The van der Waals surface area contributed by atoms with E-state index in [1.54, 1.807) is 6.20 Å². The number of rotatable bonds is 3. The predicted octanol–water partition coefficient (Wildman–Crippen LogP) is 2.04. The van der Waals surface area contributed by atoms with E-state index in [2.05, 4.69) is 15.3 Å². The molecule has 1 aromatic heterocycles. The molecular formula is C13H17ClN4O. The number of para-hydroxylation sites is 1. The number of halogens is 1. The molecule has 0 atom stereocenters. The van der Waals surface area contributed by atoms with E-state index in [9.17, 15) is 4.79 Å². The summed E-state index contributed by atoms with van der Waals surface area (Å²) in [6.45, 7) is 2.72. The fourth-order valence-corrected chi connectivity index (χ4v) is 1.71. The summed E-state index contributed by atoms with van der Waals surface area (Å²) in [4.78, 5) is 18.8. The molecule has 0 saturated carbocycles. The molecule has 1 amide bonds. The summed E-state index contributed by atoms with van der Waals surface area (Å²) in [6, 6.07) is 7.58. The summed E-state index contributed by atoms with van der Waals surface area (Å²) in [5.74, 6) is -0.180. The van der Waals surface area contributed by atoms with Crippen molar-refractivity contribution in [1.29, 1.82) is 0 Å². The number of nitrogens with one attached hydrogen (secondary N) is 2. The minimum Gasteiger partial charge on any atom is -0.370 e. The maximum Gasteiger partial charge on any atom is 0.282 e. The van der Waals surface area contributed by atoms with Gasteiger partial charge in [0.1, 0.15) is 0 Å². The second-order valence-electron chi connectivity index (χ2n) is 3.98. The maximum atomic E-state index is 12.0. The lowest BCUT2D eigenvalue weighted by atomic mass is 10.2. The molecule has 0 fully saturated rings. The van der Waals surface area contributed by atoms with Crippen LogP contribution < -0.4 is 11.1 Å². The van der Waals surface area contributed by atoms with Crippen LogP contribution in [0.25, 0.3) is 10.9 Å². The summed E-state index contributed by atoms with van der Waals surface area (Å²) in [6.07, 6.45) is 2.58. The smallest absolute Gasteiger partial charge is 0.282 e. The van der Waals surface area contributed by atoms with Crippen molar-refractivity contribution in [3.8, 4) is 0 Å². The molecule has 0 aliphatic rings. The van der Waals surface area contributed by atoms with Gasteiger partial charge in [0.2, 0.25) is 0 Å². The highest BCUT2D eigenvalue weighted by molar-refractivity contribution is 6.10. The predicted molar refractivity (Wildman–Crippen MR) is 79.8 cm³/mol. The first kappa shape index (κ1) is 15.0. The first-order valence-electron chi connectivity index (χ1n) is 5.91. The van der Waals surface area contributed by atoms with Crippen LogP contribution in [0.15, 0.2) is 35.5 Å². The highest BCUT2D eigenvalue weighted by Crippen LogP contribution is 2.18. The van der Waals surface area contributed by atoms with Gasteiger partial charge in [-0.15, -0.1) is 12.4 Å². The number of hydrogen-bond acceptors (Lipinski definition) is 1. The molecule has 6 heteroatoms. The van der Waals surface area contributed by atoms with E-state index >= 15 is 0 Å². The Balaban J connectivity index is 0.00000180. The zero-order chi connectivity index (χ0) is 13.0.